The predicted molar refractivity (Wildman–Crippen MR) is 72.7 cm³/mol. The number of benzene rings is 1. The summed E-state index contributed by atoms with van der Waals surface area (Å²) in [6.45, 7) is 3.59. The molecular weight excluding hydrogens is 224 g/mol. The molecule has 1 unspecified atom stereocenters. The maximum Gasteiger partial charge on any atom is 0.241 e. The molecule has 96 valence electrons. The van der Waals surface area contributed by atoms with Gasteiger partial charge in [0.25, 0.3) is 0 Å². The van der Waals surface area contributed by atoms with Gasteiger partial charge in [-0.3, -0.25) is 4.79 Å². The normalized spacial score (nSPS) is 22.1. The van der Waals surface area contributed by atoms with Crippen LogP contribution in [0.3, 0.4) is 0 Å². The molecule has 1 aliphatic carbocycles. The van der Waals surface area contributed by atoms with Crippen LogP contribution in [0.4, 0.5) is 5.69 Å². The summed E-state index contributed by atoms with van der Waals surface area (Å²) in [5, 5.41) is 3.28. The minimum Gasteiger partial charge on any atom is -0.308 e. The van der Waals surface area contributed by atoms with Crippen LogP contribution in [0.15, 0.2) is 24.3 Å². The Morgan fingerprint density at radius 1 is 1.39 bits per heavy atom. The summed E-state index contributed by atoms with van der Waals surface area (Å²) in [5.74, 6) is 1.02. The third-order valence-electron chi connectivity index (χ3n) is 3.88. The second kappa shape index (κ2) is 4.73. The number of rotatable bonds is 4. The van der Waals surface area contributed by atoms with Crippen LogP contribution < -0.4 is 10.2 Å². The minimum atomic E-state index is 0.202. The van der Waals surface area contributed by atoms with Crippen molar-refractivity contribution in [3.05, 3.63) is 29.8 Å². The Kier molecular flexibility index (Phi) is 3.08. The lowest BCUT2D eigenvalue weighted by Crippen LogP contribution is -2.41. The van der Waals surface area contributed by atoms with Crippen LogP contribution in [0.1, 0.15) is 25.3 Å². The fraction of sp³-hybridized carbons (Fsp3) is 0.533. The van der Waals surface area contributed by atoms with Gasteiger partial charge in [-0.15, -0.1) is 0 Å². The van der Waals surface area contributed by atoms with Gasteiger partial charge in [0.1, 0.15) is 0 Å². The van der Waals surface area contributed by atoms with Crippen LogP contribution >= 0.6 is 0 Å². The number of carbonyl (C=O) groups excluding carboxylic acids is 1. The largest absolute Gasteiger partial charge is 0.308 e. The molecule has 0 aromatic heterocycles. The van der Waals surface area contributed by atoms with Crippen LogP contribution in [0.5, 0.6) is 0 Å². The summed E-state index contributed by atoms with van der Waals surface area (Å²) in [5.41, 5.74) is 2.39. The zero-order chi connectivity index (χ0) is 12.5. The summed E-state index contributed by atoms with van der Waals surface area (Å²) < 4.78 is 0. The monoisotopic (exact) mass is 244 g/mol. The van der Waals surface area contributed by atoms with E-state index < -0.39 is 0 Å². The highest BCUT2D eigenvalue weighted by atomic mass is 16.2. The Bertz CT molecular complexity index is 454. The summed E-state index contributed by atoms with van der Waals surface area (Å²) in [7, 11) is 0. The van der Waals surface area contributed by atoms with Gasteiger partial charge in [0.2, 0.25) is 5.91 Å². The lowest BCUT2D eigenvalue weighted by Gasteiger charge is -2.23. The van der Waals surface area contributed by atoms with Crippen LogP contribution in [-0.2, 0) is 11.2 Å². The highest BCUT2D eigenvalue weighted by Crippen LogP contribution is 2.31. The first-order valence-electron chi connectivity index (χ1n) is 6.86. The minimum absolute atomic E-state index is 0.202. The van der Waals surface area contributed by atoms with Crippen molar-refractivity contribution in [3.63, 3.8) is 0 Å². The molecule has 1 aromatic rings. The van der Waals surface area contributed by atoms with Crippen LogP contribution in [0.25, 0.3) is 0 Å². The van der Waals surface area contributed by atoms with Crippen LogP contribution in [0.2, 0.25) is 0 Å². The zero-order valence-electron chi connectivity index (χ0n) is 10.9. The molecule has 1 N–H and O–H groups in total. The number of nitrogens with one attached hydrogen (secondary N) is 1. The van der Waals surface area contributed by atoms with E-state index in [9.17, 15) is 4.79 Å². The lowest BCUT2D eigenvalue weighted by molar-refractivity contribution is -0.118. The molecule has 0 saturated heterocycles. The molecule has 2 aliphatic rings. The number of fused-ring (bicyclic) bond motifs is 1. The molecule has 0 radical (unpaired) electrons. The Hall–Kier alpha value is -1.35. The standard InChI is InChI=1S/C15H20N2O/c1-11-8-13-4-2-3-5-14(13)17(11)15(18)10-16-9-12-6-7-12/h2-5,11-12,16H,6-10H2,1H3. The highest BCUT2D eigenvalue weighted by Gasteiger charge is 2.30. The first-order chi connectivity index (χ1) is 8.75. The molecule has 1 saturated carbocycles. The number of carbonyl (C=O) groups is 1. The van der Waals surface area contributed by atoms with Crippen molar-refractivity contribution in [1.29, 1.82) is 0 Å². The zero-order valence-corrected chi connectivity index (χ0v) is 10.9. The summed E-state index contributed by atoms with van der Waals surface area (Å²) in [6, 6.07) is 8.52. The molecular formula is C15H20N2O. The number of hydrogen-bond donors (Lipinski definition) is 1. The molecule has 1 heterocycles. The van der Waals surface area contributed by atoms with E-state index in [0.717, 1.165) is 24.6 Å². The molecule has 3 nitrogen and oxygen atoms in total. The van der Waals surface area contributed by atoms with E-state index in [4.69, 9.17) is 0 Å². The van der Waals surface area contributed by atoms with Crippen molar-refractivity contribution in [3.8, 4) is 0 Å². The van der Waals surface area contributed by atoms with E-state index in [1.165, 1.54) is 18.4 Å². The SMILES string of the molecule is CC1Cc2ccccc2N1C(=O)CNCC1CC1. The van der Waals surface area contributed by atoms with Gasteiger partial charge in [0.05, 0.1) is 6.54 Å². The summed E-state index contributed by atoms with van der Waals surface area (Å²) in [4.78, 5) is 14.2. The lowest BCUT2D eigenvalue weighted by atomic mass is 10.1. The molecule has 0 bridgehead atoms. The van der Waals surface area contributed by atoms with E-state index in [-0.39, 0.29) is 11.9 Å². The third kappa shape index (κ3) is 2.27. The molecule has 1 atom stereocenters. The average Bonchev–Trinajstić information content (AvgIpc) is 3.10. The van der Waals surface area contributed by atoms with Crippen LogP contribution in [0, 0.1) is 5.92 Å². The molecule has 1 fully saturated rings. The Labute approximate surface area is 108 Å². The second-order valence-corrected chi connectivity index (χ2v) is 5.52. The van der Waals surface area contributed by atoms with Gasteiger partial charge < -0.3 is 10.2 Å². The molecule has 0 spiro atoms. The Morgan fingerprint density at radius 2 is 2.17 bits per heavy atom. The molecule has 3 rings (SSSR count). The van der Waals surface area contributed by atoms with Gasteiger partial charge in [-0.25, -0.2) is 0 Å². The Balaban J connectivity index is 1.65. The van der Waals surface area contributed by atoms with Crippen molar-refractivity contribution in [2.24, 2.45) is 5.92 Å². The second-order valence-electron chi connectivity index (χ2n) is 5.52. The van der Waals surface area contributed by atoms with Crippen molar-refractivity contribution in [2.75, 3.05) is 18.0 Å². The van der Waals surface area contributed by atoms with Crippen molar-refractivity contribution in [2.45, 2.75) is 32.2 Å². The van der Waals surface area contributed by atoms with Crippen molar-refractivity contribution < 1.29 is 4.79 Å². The van der Waals surface area contributed by atoms with Gasteiger partial charge in [-0.05, 0) is 50.3 Å². The Morgan fingerprint density at radius 3 is 2.94 bits per heavy atom. The topological polar surface area (TPSA) is 32.3 Å². The fourth-order valence-corrected chi connectivity index (χ4v) is 2.74. The van der Waals surface area contributed by atoms with E-state index in [1.54, 1.807) is 0 Å². The van der Waals surface area contributed by atoms with Gasteiger partial charge in [0.15, 0.2) is 0 Å². The molecule has 1 amide bonds. The first kappa shape index (κ1) is 11.7. The highest BCUT2D eigenvalue weighted by molar-refractivity contribution is 5.97. The number of amides is 1. The molecule has 1 aliphatic heterocycles. The molecule has 3 heteroatoms. The predicted octanol–water partition coefficient (Wildman–Crippen LogP) is 1.96. The number of anilines is 1. The average molecular weight is 244 g/mol. The van der Waals surface area contributed by atoms with Gasteiger partial charge in [-0.1, -0.05) is 18.2 Å². The molecule has 18 heavy (non-hydrogen) atoms. The fourth-order valence-electron chi connectivity index (χ4n) is 2.74. The maximum atomic E-state index is 12.3. The van der Waals surface area contributed by atoms with Gasteiger partial charge in [0, 0.05) is 11.7 Å². The number of para-hydroxylation sites is 1. The van der Waals surface area contributed by atoms with E-state index in [2.05, 4.69) is 24.4 Å². The maximum absolute atomic E-state index is 12.3. The first-order valence-corrected chi connectivity index (χ1v) is 6.86. The van der Waals surface area contributed by atoms with Crippen LogP contribution in [-0.4, -0.2) is 25.0 Å². The quantitative estimate of drug-likeness (QED) is 0.878. The van der Waals surface area contributed by atoms with E-state index in [1.807, 2.05) is 17.0 Å². The van der Waals surface area contributed by atoms with E-state index in [0.29, 0.717) is 6.54 Å². The van der Waals surface area contributed by atoms with E-state index >= 15 is 0 Å². The van der Waals surface area contributed by atoms with Crippen molar-refractivity contribution >= 4 is 11.6 Å². The molecule has 1 aromatic carbocycles. The van der Waals surface area contributed by atoms with Crippen molar-refractivity contribution in [1.82, 2.24) is 5.32 Å². The number of nitrogens with zero attached hydrogens (tertiary/aromatic N) is 1. The third-order valence-corrected chi connectivity index (χ3v) is 3.88. The summed E-state index contributed by atoms with van der Waals surface area (Å²) in [6.07, 6.45) is 3.62. The van der Waals surface area contributed by atoms with Gasteiger partial charge in [-0.2, -0.15) is 0 Å². The number of hydrogen-bond acceptors (Lipinski definition) is 2. The summed E-state index contributed by atoms with van der Waals surface area (Å²) >= 11 is 0. The smallest absolute Gasteiger partial charge is 0.241 e. The van der Waals surface area contributed by atoms with Gasteiger partial charge >= 0.3 is 0 Å².